The van der Waals surface area contributed by atoms with Gasteiger partial charge in [0.05, 0.1) is 31.9 Å². The molecule has 0 saturated carbocycles. The number of hydrogen-bond donors (Lipinski definition) is 14. The van der Waals surface area contributed by atoms with Crippen LogP contribution < -0.4 is 16.0 Å². The number of rotatable bonds is 20. The van der Waals surface area contributed by atoms with Crippen molar-refractivity contribution in [3.63, 3.8) is 0 Å². The van der Waals surface area contributed by atoms with E-state index in [0.29, 0.717) is 18.5 Å². The fraction of sp³-hybridized carbons (Fsp3) is 0.842. The molecule has 0 aromatic heterocycles. The molecule has 4 aliphatic heterocycles. The lowest BCUT2D eigenvalue weighted by atomic mass is 9.94. The fourth-order valence-corrected chi connectivity index (χ4v) is 8.15. The predicted octanol–water partition coefficient (Wildman–Crippen LogP) is -5.95. The molecule has 4 saturated heterocycles. The SMILES string of the molecule is CCNC1C(OC)OC(CO)C(O)C1OC1OC(CNCCc2ccc(O)c(O)c2)C(OC2OC(CO)C(O)C(OC3OC(CO)C(OC)C(O)C3O)C2NCC)C(O)C1O. The fourth-order valence-electron chi connectivity index (χ4n) is 8.15. The first-order valence-electron chi connectivity index (χ1n) is 20.5. The van der Waals surface area contributed by atoms with Gasteiger partial charge in [-0.1, -0.05) is 19.9 Å². The van der Waals surface area contributed by atoms with E-state index < -0.39 is 143 Å². The number of methoxy groups -OCH3 is 2. The van der Waals surface area contributed by atoms with Crippen LogP contribution in [0.2, 0.25) is 0 Å². The molecule has 5 rings (SSSR count). The molecular weight excluding hydrogens is 818 g/mol. The van der Waals surface area contributed by atoms with Gasteiger partial charge in [-0.3, -0.25) is 0 Å². The Kier molecular flexibility index (Phi) is 19.1. The standard InChI is InChI=1S/C38H65N3O20/c1-5-40-23-33(25(47)20(13-42)56-35(23)54-4)60-37-30(52)28(50)32(19(55-37)12-39-10-9-16-7-8-17(45)18(46)11-16)59-36-24(41-6-2)34(26(48)21(14-43)57-36)61-38-29(51)27(49)31(53-3)22(15-44)58-38/h7-8,11,19-52H,5-6,9-10,12-15H2,1-4H3. The Morgan fingerprint density at radius 1 is 0.541 bits per heavy atom. The first-order chi connectivity index (χ1) is 29.3. The smallest absolute Gasteiger partial charge is 0.187 e. The summed E-state index contributed by atoms with van der Waals surface area (Å²) in [6.45, 7) is 2.38. The Morgan fingerprint density at radius 2 is 1.03 bits per heavy atom. The number of aliphatic hydroxyl groups excluding tert-OH is 9. The molecule has 23 heteroatoms. The second-order valence-electron chi connectivity index (χ2n) is 15.3. The summed E-state index contributed by atoms with van der Waals surface area (Å²) in [6, 6.07) is 2.41. The number of nitrogens with one attached hydrogen (secondary N) is 3. The Morgan fingerprint density at radius 3 is 1.54 bits per heavy atom. The van der Waals surface area contributed by atoms with Gasteiger partial charge in [0.25, 0.3) is 0 Å². The van der Waals surface area contributed by atoms with E-state index in [2.05, 4.69) is 16.0 Å². The first-order valence-corrected chi connectivity index (χ1v) is 20.5. The van der Waals surface area contributed by atoms with Crippen molar-refractivity contribution in [3.8, 4) is 11.5 Å². The van der Waals surface area contributed by atoms with Crippen LogP contribution in [0.5, 0.6) is 11.5 Å². The van der Waals surface area contributed by atoms with Crippen molar-refractivity contribution in [2.45, 2.75) is 143 Å². The van der Waals surface area contributed by atoms with Crippen LogP contribution in [0, 0.1) is 0 Å². The van der Waals surface area contributed by atoms with Crippen molar-refractivity contribution >= 4 is 0 Å². The summed E-state index contributed by atoms with van der Waals surface area (Å²) >= 11 is 0. The zero-order chi connectivity index (χ0) is 44.5. The van der Waals surface area contributed by atoms with E-state index in [4.69, 9.17) is 42.6 Å². The van der Waals surface area contributed by atoms with Crippen molar-refractivity contribution in [3.05, 3.63) is 23.8 Å². The summed E-state index contributed by atoms with van der Waals surface area (Å²) in [7, 11) is 2.64. The highest BCUT2D eigenvalue weighted by molar-refractivity contribution is 5.40. The number of benzene rings is 1. The van der Waals surface area contributed by atoms with Crippen LogP contribution in [0.15, 0.2) is 18.2 Å². The molecule has 4 fully saturated rings. The summed E-state index contributed by atoms with van der Waals surface area (Å²) in [4.78, 5) is 0. The molecule has 1 aromatic carbocycles. The van der Waals surface area contributed by atoms with Crippen LogP contribution in [0.3, 0.4) is 0 Å². The molecule has 0 radical (unpaired) electrons. The van der Waals surface area contributed by atoms with Crippen molar-refractivity contribution in [2.75, 3.05) is 60.2 Å². The second-order valence-corrected chi connectivity index (χ2v) is 15.3. The molecule has 352 valence electrons. The van der Waals surface area contributed by atoms with E-state index in [9.17, 15) is 56.2 Å². The van der Waals surface area contributed by atoms with Gasteiger partial charge >= 0.3 is 0 Å². The van der Waals surface area contributed by atoms with Crippen LogP contribution in [-0.2, 0) is 49.1 Å². The summed E-state index contributed by atoms with van der Waals surface area (Å²) in [5.41, 5.74) is 0.678. The quantitative estimate of drug-likeness (QED) is 0.0428. The van der Waals surface area contributed by atoms with Gasteiger partial charge < -0.3 is 115 Å². The second kappa shape index (κ2) is 23.3. The number of aromatic hydroxyl groups is 2. The maximum absolute atomic E-state index is 11.8. The van der Waals surface area contributed by atoms with E-state index in [0.717, 1.165) is 0 Å². The van der Waals surface area contributed by atoms with Crippen LogP contribution in [-0.4, -0.2) is 239 Å². The number of phenolic OH excluding ortho intramolecular Hbond substituents is 2. The van der Waals surface area contributed by atoms with Gasteiger partial charge in [-0.15, -0.1) is 0 Å². The van der Waals surface area contributed by atoms with Crippen molar-refractivity contribution in [2.24, 2.45) is 0 Å². The molecule has 20 unspecified atom stereocenters. The molecule has 23 nitrogen and oxygen atoms in total. The average molecular weight is 884 g/mol. The van der Waals surface area contributed by atoms with Crippen molar-refractivity contribution in [1.82, 2.24) is 16.0 Å². The largest absolute Gasteiger partial charge is 0.504 e. The molecule has 61 heavy (non-hydrogen) atoms. The predicted molar refractivity (Wildman–Crippen MR) is 206 cm³/mol. The van der Waals surface area contributed by atoms with E-state index in [1.165, 1.54) is 26.4 Å². The molecule has 20 atom stereocenters. The van der Waals surface area contributed by atoms with E-state index in [-0.39, 0.29) is 31.1 Å². The minimum atomic E-state index is -1.84. The number of phenols is 2. The topological polar surface area (TPSA) is 342 Å². The first kappa shape index (κ1) is 50.0. The number of likely N-dealkylation sites (N-methyl/N-ethyl adjacent to an activating group) is 2. The number of aliphatic hydroxyl groups is 9. The van der Waals surface area contributed by atoms with E-state index >= 15 is 0 Å². The molecule has 4 aliphatic rings. The molecule has 1 aromatic rings. The van der Waals surface area contributed by atoms with Crippen molar-refractivity contribution in [1.29, 1.82) is 0 Å². The summed E-state index contributed by atoms with van der Waals surface area (Å²) < 4.78 is 53.2. The summed E-state index contributed by atoms with van der Waals surface area (Å²) in [5, 5.41) is 127. The molecule has 0 amide bonds. The minimum absolute atomic E-state index is 0.0703. The van der Waals surface area contributed by atoms with Crippen molar-refractivity contribution < 1.29 is 98.8 Å². The van der Waals surface area contributed by atoms with Crippen LogP contribution in [0.25, 0.3) is 0 Å². The third kappa shape index (κ3) is 11.4. The van der Waals surface area contributed by atoms with Gasteiger partial charge in [0.1, 0.15) is 85.5 Å². The van der Waals surface area contributed by atoms with Crippen LogP contribution in [0.1, 0.15) is 19.4 Å². The summed E-state index contributed by atoms with van der Waals surface area (Å²) in [6.07, 6.45) is -25.3. The minimum Gasteiger partial charge on any atom is -0.504 e. The molecule has 0 aliphatic carbocycles. The molecular formula is C38H65N3O20. The molecule has 4 heterocycles. The molecule has 14 N–H and O–H groups in total. The monoisotopic (exact) mass is 883 g/mol. The maximum atomic E-state index is 11.8. The summed E-state index contributed by atoms with van der Waals surface area (Å²) in [5.74, 6) is -0.578. The Hall–Kier alpha value is -2.02. The zero-order valence-electron chi connectivity index (χ0n) is 34.5. The van der Waals surface area contributed by atoms with Gasteiger partial charge in [0.2, 0.25) is 0 Å². The maximum Gasteiger partial charge on any atom is 0.187 e. The molecule has 0 bridgehead atoms. The number of hydrogen-bond acceptors (Lipinski definition) is 23. The zero-order valence-corrected chi connectivity index (χ0v) is 34.5. The lowest BCUT2D eigenvalue weighted by Crippen LogP contribution is -2.70. The number of ether oxygens (including phenoxy) is 9. The van der Waals surface area contributed by atoms with Gasteiger partial charge in [-0.25, -0.2) is 0 Å². The average Bonchev–Trinajstić information content (AvgIpc) is 3.25. The Bertz CT molecular complexity index is 1460. The van der Waals surface area contributed by atoms with Gasteiger partial charge in [0, 0.05) is 20.8 Å². The highest BCUT2D eigenvalue weighted by Gasteiger charge is 2.55. The van der Waals surface area contributed by atoms with Crippen LogP contribution in [0.4, 0.5) is 0 Å². The van der Waals surface area contributed by atoms with E-state index in [1.54, 1.807) is 19.9 Å². The lowest BCUT2D eigenvalue weighted by Gasteiger charge is -2.50. The van der Waals surface area contributed by atoms with Gasteiger partial charge in [0.15, 0.2) is 36.7 Å². The third-order valence-electron chi connectivity index (χ3n) is 11.4. The lowest BCUT2D eigenvalue weighted by molar-refractivity contribution is -0.373. The Balaban J connectivity index is 1.41. The van der Waals surface area contributed by atoms with Crippen LogP contribution >= 0.6 is 0 Å². The van der Waals surface area contributed by atoms with E-state index in [1.807, 2.05) is 0 Å². The normalized spacial score (nSPS) is 42.1. The molecule has 0 spiro atoms. The Labute approximate surface area is 352 Å². The van der Waals surface area contributed by atoms with Gasteiger partial charge in [-0.05, 0) is 43.8 Å². The third-order valence-corrected chi connectivity index (χ3v) is 11.4. The highest BCUT2D eigenvalue weighted by atomic mass is 16.8. The van der Waals surface area contributed by atoms with Gasteiger partial charge in [-0.2, -0.15) is 0 Å². The highest BCUT2D eigenvalue weighted by Crippen LogP contribution is 2.35.